The zero-order valence-electron chi connectivity index (χ0n) is 12.4. The molecule has 0 radical (unpaired) electrons. The molecule has 2 aromatic heterocycles. The molecule has 1 aromatic carbocycles. The molecule has 9 heteroatoms. The molecule has 2 heterocycles. The molecule has 0 atom stereocenters. The number of hydrogen-bond acceptors (Lipinski definition) is 8. The van der Waals surface area contributed by atoms with Crippen LogP contribution in [0.3, 0.4) is 0 Å². The Morgan fingerprint density at radius 2 is 2.17 bits per heavy atom. The fourth-order valence-electron chi connectivity index (χ4n) is 1.90. The van der Waals surface area contributed by atoms with E-state index in [4.69, 9.17) is 9.68 Å². The molecule has 23 heavy (non-hydrogen) atoms. The second-order valence-corrected chi connectivity index (χ2v) is 4.71. The van der Waals surface area contributed by atoms with Crippen LogP contribution in [0.2, 0.25) is 0 Å². The number of nitrogens with zero attached hydrogens (tertiary/aromatic N) is 6. The lowest BCUT2D eigenvalue weighted by Crippen LogP contribution is -1.95. The number of nitrogens with one attached hydrogen (secondary N) is 2. The maximum atomic E-state index is 9.17. The second kappa shape index (κ2) is 6.07. The van der Waals surface area contributed by atoms with Crippen LogP contribution in [0, 0.1) is 25.2 Å². The SMILES string of the molecule is Cc1nnc(-c2ccc(C)c(NC=C(C#N)c3nn[nH]n3)c2)o1. The van der Waals surface area contributed by atoms with Gasteiger partial charge in [-0.1, -0.05) is 6.07 Å². The van der Waals surface area contributed by atoms with Crippen LogP contribution in [-0.2, 0) is 0 Å². The first-order chi connectivity index (χ1) is 11.2. The summed E-state index contributed by atoms with van der Waals surface area (Å²) in [6, 6.07) is 7.69. The first-order valence-corrected chi connectivity index (χ1v) is 6.69. The lowest BCUT2D eigenvalue weighted by molar-refractivity contribution is 0.533. The van der Waals surface area contributed by atoms with Gasteiger partial charge in [0.2, 0.25) is 17.6 Å². The van der Waals surface area contributed by atoms with Crippen LogP contribution in [0.5, 0.6) is 0 Å². The van der Waals surface area contributed by atoms with Crippen LogP contribution in [0.25, 0.3) is 17.0 Å². The molecule has 0 aliphatic rings. The number of aromatic amines is 1. The number of anilines is 1. The van der Waals surface area contributed by atoms with E-state index in [-0.39, 0.29) is 11.4 Å². The van der Waals surface area contributed by atoms with Crippen molar-refractivity contribution in [3.05, 3.63) is 41.7 Å². The predicted molar refractivity (Wildman–Crippen MR) is 80.6 cm³/mol. The van der Waals surface area contributed by atoms with Crippen molar-refractivity contribution in [2.45, 2.75) is 13.8 Å². The smallest absolute Gasteiger partial charge is 0.247 e. The molecule has 0 fully saturated rings. The van der Waals surface area contributed by atoms with E-state index in [1.54, 1.807) is 6.92 Å². The lowest BCUT2D eigenvalue weighted by atomic mass is 10.1. The molecule has 0 saturated carbocycles. The van der Waals surface area contributed by atoms with Crippen LogP contribution < -0.4 is 5.32 Å². The highest BCUT2D eigenvalue weighted by Gasteiger charge is 2.09. The van der Waals surface area contributed by atoms with Gasteiger partial charge in [0.05, 0.1) is 0 Å². The van der Waals surface area contributed by atoms with Crippen LogP contribution in [-0.4, -0.2) is 30.8 Å². The Hall–Kier alpha value is -3.54. The zero-order valence-corrected chi connectivity index (χ0v) is 12.4. The average Bonchev–Trinajstić information content (AvgIpc) is 3.21. The first-order valence-electron chi connectivity index (χ1n) is 6.69. The standard InChI is InChI=1S/C14H12N8O/c1-8-3-4-10(14-20-17-9(2)23-14)5-12(8)16-7-11(6-15)13-18-21-22-19-13/h3-5,7,16H,1-2H3,(H,18,19,21,22). The van der Waals surface area contributed by atoms with Crippen molar-refractivity contribution in [1.82, 2.24) is 30.8 Å². The molecule has 3 aromatic rings. The van der Waals surface area contributed by atoms with Gasteiger partial charge in [-0.25, -0.2) is 0 Å². The quantitative estimate of drug-likeness (QED) is 0.698. The Kier molecular flexibility index (Phi) is 3.80. The number of H-pyrrole nitrogens is 1. The number of allylic oxidation sites excluding steroid dienone is 1. The van der Waals surface area contributed by atoms with Crippen molar-refractivity contribution in [2.24, 2.45) is 0 Å². The van der Waals surface area contributed by atoms with Gasteiger partial charge in [-0.3, -0.25) is 0 Å². The molecule has 0 amide bonds. The minimum absolute atomic E-state index is 0.223. The van der Waals surface area contributed by atoms with Crippen molar-refractivity contribution in [3.63, 3.8) is 0 Å². The summed E-state index contributed by atoms with van der Waals surface area (Å²) in [4.78, 5) is 0. The number of nitriles is 1. The predicted octanol–water partition coefficient (Wildman–Crippen LogP) is 1.84. The van der Waals surface area contributed by atoms with E-state index < -0.39 is 0 Å². The molecule has 0 aliphatic heterocycles. The Labute approximate surface area is 131 Å². The summed E-state index contributed by atoms with van der Waals surface area (Å²) in [5.41, 5.74) is 2.84. The molecule has 114 valence electrons. The number of rotatable bonds is 4. The third-order valence-corrected chi connectivity index (χ3v) is 3.09. The Bertz CT molecular complexity index is 888. The molecule has 0 unspecified atom stereocenters. The fourth-order valence-corrected chi connectivity index (χ4v) is 1.90. The van der Waals surface area contributed by atoms with E-state index in [1.165, 1.54) is 6.20 Å². The van der Waals surface area contributed by atoms with E-state index in [0.29, 0.717) is 11.8 Å². The van der Waals surface area contributed by atoms with Gasteiger partial charge < -0.3 is 9.73 Å². The van der Waals surface area contributed by atoms with Crippen LogP contribution in [0.1, 0.15) is 17.3 Å². The third kappa shape index (κ3) is 3.06. The van der Waals surface area contributed by atoms with Crippen molar-refractivity contribution in [1.29, 1.82) is 5.26 Å². The average molecular weight is 308 g/mol. The zero-order chi connectivity index (χ0) is 16.2. The summed E-state index contributed by atoms with van der Waals surface area (Å²) in [6.07, 6.45) is 1.52. The van der Waals surface area contributed by atoms with E-state index in [2.05, 4.69) is 36.1 Å². The number of aryl methyl sites for hydroxylation is 2. The van der Waals surface area contributed by atoms with Crippen molar-refractivity contribution in [3.8, 4) is 17.5 Å². The van der Waals surface area contributed by atoms with E-state index in [1.807, 2.05) is 31.2 Å². The van der Waals surface area contributed by atoms with Gasteiger partial charge in [0.15, 0.2) is 0 Å². The Morgan fingerprint density at radius 1 is 1.30 bits per heavy atom. The van der Waals surface area contributed by atoms with Gasteiger partial charge in [0.1, 0.15) is 11.6 Å². The van der Waals surface area contributed by atoms with Gasteiger partial charge in [0, 0.05) is 24.4 Å². The van der Waals surface area contributed by atoms with Gasteiger partial charge in [0.25, 0.3) is 0 Å². The molecule has 0 saturated heterocycles. The molecule has 2 N–H and O–H groups in total. The summed E-state index contributed by atoms with van der Waals surface area (Å²) in [5, 5.41) is 33.4. The highest BCUT2D eigenvalue weighted by Crippen LogP contribution is 2.25. The summed E-state index contributed by atoms with van der Waals surface area (Å²) >= 11 is 0. The molecule has 0 bridgehead atoms. The molecular weight excluding hydrogens is 296 g/mol. The molecule has 9 nitrogen and oxygen atoms in total. The highest BCUT2D eigenvalue weighted by molar-refractivity contribution is 5.75. The summed E-state index contributed by atoms with van der Waals surface area (Å²) in [6.45, 7) is 3.68. The molecule has 3 rings (SSSR count). The van der Waals surface area contributed by atoms with Crippen LogP contribution in [0.15, 0.2) is 28.8 Å². The maximum absolute atomic E-state index is 9.17. The van der Waals surface area contributed by atoms with Gasteiger partial charge in [-0.2, -0.15) is 10.5 Å². The normalized spacial score (nSPS) is 11.3. The number of aromatic nitrogens is 6. The number of hydrogen-bond donors (Lipinski definition) is 2. The number of benzene rings is 1. The lowest BCUT2D eigenvalue weighted by Gasteiger charge is -2.07. The van der Waals surface area contributed by atoms with E-state index in [9.17, 15) is 0 Å². The van der Waals surface area contributed by atoms with Crippen LogP contribution in [0.4, 0.5) is 5.69 Å². The fraction of sp³-hybridized carbons (Fsp3) is 0.143. The largest absolute Gasteiger partial charge is 0.421 e. The topological polar surface area (TPSA) is 129 Å². The highest BCUT2D eigenvalue weighted by atomic mass is 16.4. The van der Waals surface area contributed by atoms with Crippen molar-refractivity contribution < 1.29 is 4.42 Å². The van der Waals surface area contributed by atoms with Gasteiger partial charge >= 0.3 is 0 Å². The van der Waals surface area contributed by atoms with Crippen molar-refractivity contribution >= 4 is 11.3 Å². The monoisotopic (exact) mass is 308 g/mol. The maximum Gasteiger partial charge on any atom is 0.247 e. The van der Waals surface area contributed by atoms with E-state index in [0.717, 1.165) is 16.8 Å². The second-order valence-electron chi connectivity index (χ2n) is 4.71. The molecule has 0 aliphatic carbocycles. The molecular formula is C14H12N8O. The number of tetrazole rings is 1. The Balaban J connectivity index is 1.89. The van der Waals surface area contributed by atoms with Gasteiger partial charge in [-0.05, 0) is 29.8 Å². The minimum Gasteiger partial charge on any atom is -0.421 e. The van der Waals surface area contributed by atoms with Crippen LogP contribution >= 0.6 is 0 Å². The van der Waals surface area contributed by atoms with E-state index >= 15 is 0 Å². The molecule has 0 spiro atoms. The first kappa shape index (κ1) is 14.4. The summed E-state index contributed by atoms with van der Waals surface area (Å²) in [5.74, 6) is 1.16. The summed E-state index contributed by atoms with van der Waals surface area (Å²) < 4.78 is 5.42. The Morgan fingerprint density at radius 3 is 2.83 bits per heavy atom. The summed E-state index contributed by atoms with van der Waals surface area (Å²) in [7, 11) is 0. The minimum atomic E-state index is 0.223. The van der Waals surface area contributed by atoms with Gasteiger partial charge in [-0.15, -0.1) is 20.4 Å². The third-order valence-electron chi connectivity index (χ3n) is 3.09. The van der Waals surface area contributed by atoms with Crippen molar-refractivity contribution in [2.75, 3.05) is 5.32 Å².